The van der Waals surface area contributed by atoms with E-state index in [0.717, 1.165) is 24.4 Å². The van der Waals surface area contributed by atoms with Crippen LogP contribution in [0.5, 0.6) is 0 Å². The van der Waals surface area contributed by atoms with Crippen LogP contribution in [0.4, 0.5) is 18.9 Å². The van der Waals surface area contributed by atoms with Gasteiger partial charge < -0.3 is 15.5 Å². The van der Waals surface area contributed by atoms with Gasteiger partial charge >= 0.3 is 6.18 Å². The van der Waals surface area contributed by atoms with Gasteiger partial charge in [-0.05, 0) is 47.9 Å². The summed E-state index contributed by atoms with van der Waals surface area (Å²) in [5.41, 5.74) is 3.07. The van der Waals surface area contributed by atoms with Gasteiger partial charge in [-0.3, -0.25) is 9.78 Å². The molecule has 2 atom stereocenters. The summed E-state index contributed by atoms with van der Waals surface area (Å²) < 4.78 is 42.2. The van der Waals surface area contributed by atoms with Crippen molar-refractivity contribution in [3.05, 3.63) is 59.4 Å². The number of hydrogen-bond acceptors (Lipinski definition) is 4. The Morgan fingerprint density at radius 3 is 2.44 bits per heavy atom. The van der Waals surface area contributed by atoms with Gasteiger partial charge in [0.25, 0.3) is 0 Å². The number of carbonyl (C=O) groups excluding carboxylic acids is 1. The number of aromatic nitrogens is 1. The maximum Gasteiger partial charge on any atom is 0.414 e. The fourth-order valence-electron chi connectivity index (χ4n) is 6.00. The molecule has 1 saturated carbocycles. The highest BCUT2D eigenvalue weighted by atomic mass is 19.4. The van der Waals surface area contributed by atoms with Crippen molar-refractivity contribution in [1.29, 1.82) is 0 Å². The molecule has 2 aliphatic carbocycles. The average Bonchev–Trinajstić information content (AvgIpc) is 2.96. The van der Waals surface area contributed by atoms with Crippen molar-refractivity contribution in [3.8, 4) is 0 Å². The second-order valence-corrected chi connectivity index (χ2v) is 10.9. The number of benzene rings is 1. The Morgan fingerprint density at radius 2 is 1.88 bits per heavy atom. The van der Waals surface area contributed by atoms with E-state index in [1.807, 2.05) is 12.1 Å². The SMILES string of the molecule is CN(C(=O)C1CC2(CNC2)C1)[C@@H](c1ccc(NC2Cc3ccccc3C2(C)C)cn1)C(F)(F)F. The number of halogens is 3. The maximum absolute atomic E-state index is 14.1. The molecule has 1 amide bonds. The highest BCUT2D eigenvalue weighted by Crippen LogP contribution is 2.50. The van der Waals surface area contributed by atoms with Crippen LogP contribution in [-0.2, 0) is 16.6 Å². The van der Waals surface area contributed by atoms with E-state index >= 15 is 0 Å². The number of amides is 1. The van der Waals surface area contributed by atoms with Crippen LogP contribution in [0.3, 0.4) is 0 Å². The van der Waals surface area contributed by atoms with Crippen molar-refractivity contribution < 1.29 is 18.0 Å². The molecule has 34 heavy (non-hydrogen) atoms. The lowest BCUT2D eigenvalue weighted by Crippen LogP contribution is -2.62. The van der Waals surface area contributed by atoms with E-state index in [2.05, 4.69) is 41.6 Å². The summed E-state index contributed by atoms with van der Waals surface area (Å²) in [5.74, 6) is -0.793. The molecular formula is C26H31F3N4O. The molecule has 1 aromatic carbocycles. The van der Waals surface area contributed by atoms with Crippen LogP contribution < -0.4 is 10.6 Å². The lowest BCUT2D eigenvalue weighted by Gasteiger charge is -2.54. The monoisotopic (exact) mass is 472 g/mol. The van der Waals surface area contributed by atoms with E-state index in [-0.39, 0.29) is 28.5 Å². The molecule has 3 aliphatic rings. The topological polar surface area (TPSA) is 57.3 Å². The first kappa shape index (κ1) is 23.1. The zero-order valence-electron chi connectivity index (χ0n) is 19.7. The molecule has 2 aromatic rings. The highest BCUT2D eigenvalue weighted by molar-refractivity contribution is 5.80. The molecule has 0 radical (unpaired) electrons. The van der Waals surface area contributed by atoms with Gasteiger partial charge in [0.1, 0.15) is 0 Å². The fraction of sp³-hybridized carbons (Fsp3) is 0.538. The van der Waals surface area contributed by atoms with Crippen molar-refractivity contribution in [1.82, 2.24) is 15.2 Å². The lowest BCUT2D eigenvalue weighted by molar-refractivity contribution is -0.194. The largest absolute Gasteiger partial charge is 0.414 e. The summed E-state index contributed by atoms with van der Waals surface area (Å²) in [6.07, 6.45) is -1.01. The number of nitrogens with zero attached hydrogens (tertiary/aromatic N) is 2. The summed E-state index contributed by atoms with van der Waals surface area (Å²) in [4.78, 5) is 17.9. The van der Waals surface area contributed by atoms with Crippen LogP contribution >= 0.6 is 0 Å². The summed E-state index contributed by atoms with van der Waals surface area (Å²) in [5, 5.41) is 6.65. The number of hydrogen-bond donors (Lipinski definition) is 2. The van der Waals surface area contributed by atoms with Crippen LogP contribution in [0.25, 0.3) is 0 Å². The second kappa shape index (κ2) is 7.97. The zero-order valence-corrected chi connectivity index (χ0v) is 19.7. The smallest absolute Gasteiger partial charge is 0.380 e. The first-order valence-corrected chi connectivity index (χ1v) is 11.9. The van der Waals surface area contributed by atoms with Crippen LogP contribution in [0.15, 0.2) is 42.6 Å². The van der Waals surface area contributed by atoms with Gasteiger partial charge in [-0.1, -0.05) is 38.1 Å². The van der Waals surface area contributed by atoms with E-state index in [0.29, 0.717) is 18.5 Å². The van der Waals surface area contributed by atoms with Crippen LogP contribution in [0.2, 0.25) is 0 Å². The van der Waals surface area contributed by atoms with Crippen molar-refractivity contribution in [2.75, 3.05) is 25.5 Å². The number of rotatable bonds is 5. The molecule has 1 saturated heterocycles. The number of carbonyl (C=O) groups is 1. The third-order valence-corrected chi connectivity index (χ3v) is 8.17. The minimum Gasteiger partial charge on any atom is -0.380 e. The summed E-state index contributed by atoms with van der Waals surface area (Å²) in [6, 6.07) is 9.37. The van der Waals surface area contributed by atoms with Gasteiger partial charge in [-0.2, -0.15) is 13.2 Å². The Bertz CT molecular complexity index is 1070. The molecule has 1 aliphatic heterocycles. The first-order valence-electron chi connectivity index (χ1n) is 11.9. The number of fused-ring (bicyclic) bond motifs is 1. The lowest BCUT2D eigenvalue weighted by atomic mass is 9.58. The summed E-state index contributed by atoms with van der Waals surface area (Å²) >= 11 is 0. The van der Waals surface area contributed by atoms with Crippen molar-refractivity contribution in [2.24, 2.45) is 11.3 Å². The third-order valence-electron chi connectivity index (χ3n) is 8.17. The Hall–Kier alpha value is -2.61. The normalized spacial score (nSPS) is 23.5. The fourth-order valence-corrected chi connectivity index (χ4v) is 6.00. The van der Waals surface area contributed by atoms with Gasteiger partial charge in [-0.15, -0.1) is 0 Å². The highest BCUT2D eigenvalue weighted by Gasteiger charge is 2.54. The Balaban J connectivity index is 1.30. The zero-order chi connectivity index (χ0) is 24.3. The van der Waals surface area contributed by atoms with Crippen molar-refractivity contribution >= 4 is 11.6 Å². The molecule has 1 unspecified atom stereocenters. The number of anilines is 1. The summed E-state index contributed by atoms with van der Waals surface area (Å²) in [6.45, 7) is 6.04. The predicted molar refractivity (Wildman–Crippen MR) is 124 cm³/mol. The molecular weight excluding hydrogens is 441 g/mol. The maximum atomic E-state index is 14.1. The number of alkyl halides is 3. The van der Waals surface area contributed by atoms with Gasteiger partial charge in [0.2, 0.25) is 5.91 Å². The molecule has 2 fully saturated rings. The van der Waals surface area contributed by atoms with Crippen molar-refractivity contribution in [3.63, 3.8) is 0 Å². The van der Waals surface area contributed by atoms with Gasteiger partial charge in [0, 0.05) is 37.5 Å². The summed E-state index contributed by atoms with van der Waals surface area (Å²) in [7, 11) is 1.25. The molecule has 5 nitrogen and oxygen atoms in total. The minimum absolute atomic E-state index is 0.104. The van der Waals surface area contributed by atoms with Crippen LogP contribution in [-0.4, -0.2) is 48.1 Å². The van der Waals surface area contributed by atoms with Gasteiger partial charge in [0.05, 0.1) is 17.6 Å². The quantitative estimate of drug-likeness (QED) is 0.675. The van der Waals surface area contributed by atoms with E-state index in [1.165, 1.54) is 30.4 Å². The standard InChI is InChI=1S/C26H31F3N4O/c1-24(2)19-7-5-4-6-16(19)10-21(24)32-18-8-9-20(31-13-18)22(26(27,28)29)33(3)23(34)17-11-25(12-17)14-30-15-25/h4-9,13,17,21-22,30,32H,10-12,14-15H2,1-3H3/t21?,22-/m0/s1. The molecule has 1 spiro atoms. The van der Waals surface area contributed by atoms with Crippen LogP contribution in [0.1, 0.15) is 49.6 Å². The van der Waals surface area contributed by atoms with Gasteiger partial charge in [0.15, 0.2) is 6.04 Å². The number of pyridine rings is 1. The molecule has 5 rings (SSSR count). The van der Waals surface area contributed by atoms with E-state index in [9.17, 15) is 18.0 Å². The minimum atomic E-state index is -4.61. The molecule has 2 N–H and O–H groups in total. The first-order chi connectivity index (χ1) is 16.0. The Labute approximate surface area is 198 Å². The average molecular weight is 473 g/mol. The third kappa shape index (κ3) is 3.85. The molecule has 1 aromatic heterocycles. The van der Waals surface area contributed by atoms with Gasteiger partial charge in [-0.25, -0.2) is 0 Å². The predicted octanol–water partition coefficient (Wildman–Crippen LogP) is 4.46. The van der Waals surface area contributed by atoms with E-state index < -0.39 is 18.1 Å². The molecule has 0 bridgehead atoms. The van der Waals surface area contributed by atoms with Crippen LogP contribution in [0, 0.1) is 11.3 Å². The van der Waals surface area contributed by atoms with E-state index in [1.54, 1.807) is 6.07 Å². The van der Waals surface area contributed by atoms with E-state index in [4.69, 9.17) is 0 Å². The molecule has 2 heterocycles. The number of nitrogens with one attached hydrogen (secondary N) is 2. The second-order valence-electron chi connectivity index (χ2n) is 10.9. The molecule has 8 heteroatoms. The molecule has 182 valence electrons. The Kier molecular flexibility index (Phi) is 5.43. The Morgan fingerprint density at radius 1 is 1.18 bits per heavy atom. The van der Waals surface area contributed by atoms with Crippen molar-refractivity contribution in [2.45, 2.75) is 56.8 Å².